The Morgan fingerprint density at radius 3 is 2.67 bits per heavy atom. The number of carbonyl (C=O) groups excluding carboxylic acids is 2. The fraction of sp³-hybridized carbons (Fsp3) is 0.333. The van der Waals surface area contributed by atoms with Crippen LogP contribution in [0.4, 0.5) is 11.4 Å². The number of ether oxygens (including phenoxy) is 1. The lowest BCUT2D eigenvalue weighted by molar-refractivity contribution is -0.120. The highest BCUT2D eigenvalue weighted by molar-refractivity contribution is 6.30. The molecule has 2 aromatic carbocycles. The molecule has 2 aromatic rings. The molecule has 0 unspecified atom stereocenters. The van der Waals surface area contributed by atoms with Gasteiger partial charge in [-0.15, -0.1) is 0 Å². The van der Waals surface area contributed by atoms with Crippen molar-refractivity contribution >= 4 is 34.8 Å². The molecule has 140 valence electrons. The second-order valence-electron chi connectivity index (χ2n) is 7.00. The maximum absolute atomic E-state index is 12.5. The number of benzene rings is 2. The van der Waals surface area contributed by atoms with E-state index in [4.69, 9.17) is 16.3 Å². The summed E-state index contributed by atoms with van der Waals surface area (Å²) < 4.78 is 5.47. The average Bonchev–Trinajstić information content (AvgIpc) is 3.52. The molecule has 1 aliphatic carbocycles. The van der Waals surface area contributed by atoms with E-state index in [0.717, 1.165) is 43.5 Å². The van der Waals surface area contributed by atoms with Gasteiger partial charge in [0.05, 0.1) is 0 Å². The summed E-state index contributed by atoms with van der Waals surface area (Å²) in [5, 5.41) is 3.47. The number of fused-ring (bicyclic) bond motifs is 1. The lowest BCUT2D eigenvalue weighted by atomic mass is 10.0. The van der Waals surface area contributed by atoms with Crippen LogP contribution in [0.5, 0.6) is 5.75 Å². The van der Waals surface area contributed by atoms with Gasteiger partial charge in [-0.3, -0.25) is 9.59 Å². The van der Waals surface area contributed by atoms with E-state index in [0.29, 0.717) is 16.5 Å². The number of nitrogens with zero attached hydrogens (tertiary/aromatic N) is 1. The van der Waals surface area contributed by atoms with E-state index in [1.54, 1.807) is 24.3 Å². The van der Waals surface area contributed by atoms with Crippen LogP contribution in [0, 0.1) is 5.92 Å². The van der Waals surface area contributed by atoms with Gasteiger partial charge in [0.25, 0.3) is 5.91 Å². The van der Waals surface area contributed by atoms with Gasteiger partial charge >= 0.3 is 0 Å². The number of hydrogen-bond donors (Lipinski definition) is 1. The molecule has 0 atom stereocenters. The third-order valence-corrected chi connectivity index (χ3v) is 5.12. The first kappa shape index (κ1) is 17.9. The van der Waals surface area contributed by atoms with Crippen LogP contribution < -0.4 is 15.0 Å². The zero-order valence-corrected chi connectivity index (χ0v) is 15.7. The Balaban J connectivity index is 1.41. The van der Waals surface area contributed by atoms with Crippen molar-refractivity contribution in [3.8, 4) is 5.75 Å². The standard InChI is InChI=1S/C21H21ClN2O3/c22-16-6-9-18(10-7-16)27-13-20(25)23-17-8-5-14-2-1-11-24(19(14)12-17)21(26)15-3-4-15/h5-10,12,15H,1-4,11,13H2,(H,23,25). The van der Waals surface area contributed by atoms with E-state index in [1.165, 1.54) is 0 Å². The highest BCUT2D eigenvalue weighted by Gasteiger charge is 2.35. The number of amides is 2. The van der Waals surface area contributed by atoms with Crippen molar-refractivity contribution in [2.24, 2.45) is 5.92 Å². The molecule has 27 heavy (non-hydrogen) atoms. The molecule has 6 heteroatoms. The first-order chi connectivity index (χ1) is 13.1. The molecule has 2 amide bonds. The van der Waals surface area contributed by atoms with Crippen molar-refractivity contribution in [1.82, 2.24) is 0 Å². The van der Waals surface area contributed by atoms with E-state index >= 15 is 0 Å². The van der Waals surface area contributed by atoms with Gasteiger partial charge < -0.3 is 15.0 Å². The second-order valence-corrected chi connectivity index (χ2v) is 7.44. The van der Waals surface area contributed by atoms with Gasteiger partial charge in [0, 0.05) is 28.9 Å². The zero-order chi connectivity index (χ0) is 18.8. The largest absolute Gasteiger partial charge is 0.484 e. The SMILES string of the molecule is O=C(COc1ccc(Cl)cc1)Nc1ccc2c(c1)N(C(=O)C1CC1)CCC2. The molecule has 1 aliphatic heterocycles. The Morgan fingerprint density at radius 1 is 1.15 bits per heavy atom. The number of rotatable bonds is 5. The molecule has 5 nitrogen and oxygen atoms in total. The Labute approximate surface area is 163 Å². The zero-order valence-electron chi connectivity index (χ0n) is 14.9. The van der Waals surface area contributed by atoms with Gasteiger partial charge in [-0.1, -0.05) is 17.7 Å². The lowest BCUT2D eigenvalue weighted by Crippen LogP contribution is -2.36. The third kappa shape index (κ3) is 4.25. The molecule has 0 radical (unpaired) electrons. The highest BCUT2D eigenvalue weighted by Crippen LogP contribution is 2.36. The van der Waals surface area contributed by atoms with E-state index in [2.05, 4.69) is 5.32 Å². The van der Waals surface area contributed by atoms with Gasteiger partial charge in [0.2, 0.25) is 5.91 Å². The normalized spacial score (nSPS) is 15.8. The smallest absolute Gasteiger partial charge is 0.262 e. The first-order valence-electron chi connectivity index (χ1n) is 9.23. The van der Waals surface area contributed by atoms with Crippen molar-refractivity contribution in [3.05, 3.63) is 53.1 Å². The number of anilines is 2. The van der Waals surface area contributed by atoms with E-state index < -0.39 is 0 Å². The van der Waals surface area contributed by atoms with Crippen LogP contribution in [0.25, 0.3) is 0 Å². The maximum Gasteiger partial charge on any atom is 0.262 e. The molecule has 0 bridgehead atoms. The van der Waals surface area contributed by atoms with Crippen LogP contribution in [-0.2, 0) is 16.0 Å². The van der Waals surface area contributed by atoms with E-state index in [9.17, 15) is 9.59 Å². The number of hydrogen-bond acceptors (Lipinski definition) is 3. The molecule has 4 rings (SSSR count). The van der Waals surface area contributed by atoms with E-state index in [-0.39, 0.29) is 24.3 Å². The van der Waals surface area contributed by atoms with Crippen molar-refractivity contribution in [2.45, 2.75) is 25.7 Å². The molecule has 1 fully saturated rings. The topological polar surface area (TPSA) is 58.6 Å². The molecule has 1 saturated carbocycles. The van der Waals surface area contributed by atoms with Crippen LogP contribution in [0.15, 0.2) is 42.5 Å². The Bertz CT molecular complexity index is 862. The van der Waals surface area contributed by atoms with Gasteiger partial charge in [-0.2, -0.15) is 0 Å². The summed E-state index contributed by atoms with van der Waals surface area (Å²) in [6.07, 6.45) is 3.91. The number of carbonyl (C=O) groups is 2. The van der Waals surface area contributed by atoms with Crippen molar-refractivity contribution in [1.29, 1.82) is 0 Å². The minimum Gasteiger partial charge on any atom is -0.484 e. The molecule has 0 saturated heterocycles. The Kier molecular flexibility index (Phi) is 5.03. The molecule has 2 aliphatic rings. The van der Waals surface area contributed by atoms with Crippen molar-refractivity contribution in [3.63, 3.8) is 0 Å². The predicted octanol–water partition coefficient (Wildman–Crippen LogP) is 4.05. The fourth-order valence-corrected chi connectivity index (χ4v) is 3.43. The summed E-state index contributed by atoms with van der Waals surface area (Å²) in [6.45, 7) is 0.656. The molecule has 0 aromatic heterocycles. The predicted molar refractivity (Wildman–Crippen MR) is 105 cm³/mol. The summed E-state index contributed by atoms with van der Waals surface area (Å²) in [4.78, 5) is 26.6. The second kappa shape index (κ2) is 7.61. The van der Waals surface area contributed by atoms with Crippen LogP contribution in [0.3, 0.4) is 0 Å². The Hall–Kier alpha value is -2.53. The van der Waals surface area contributed by atoms with Gasteiger partial charge in [0.1, 0.15) is 5.75 Å². The maximum atomic E-state index is 12.5. The van der Waals surface area contributed by atoms with Crippen molar-refractivity contribution in [2.75, 3.05) is 23.4 Å². The Morgan fingerprint density at radius 2 is 1.93 bits per heavy atom. The quantitative estimate of drug-likeness (QED) is 0.846. The molecular weight excluding hydrogens is 364 g/mol. The fourth-order valence-electron chi connectivity index (χ4n) is 3.31. The van der Waals surface area contributed by atoms with Crippen LogP contribution in [0.1, 0.15) is 24.8 Å². The van der Waals surface area contributed by atoms with Crippen LogP contribution in [-0.4, -0.2) is 25.0 Å². The molecule has 0 spiro atoms. The summed E-state index contributed by atoms with van der Waals surface area (Å²) in [5.41, 5.74) is 2.76. The average molecular weight is 385 g/mol. The van der Waals surface area contributed by atoms with Gasteiger partial charge in [-0.25, -0.2) is 0 Å². The summed E-state index contributed by atoms with van der Waals surface area (Å²) in [7, 11) is 0. The number of halogens is 1. The monoisotopic (exact) mass is 384 g/mol. The number of aryl methyl sites for hydroxylation is 1. The first-order valence-corrected chi connectivity index (χ1v) is 9.60. The molecule has 1 N–H and O–H groups in total. The minimum atomic E-state index is -0.249. The van der Waals surface area contributed by atoms with Gasteiger partial charge in [-0.05, 0) is 67.6 Å². The molecular formula is C21H21ClN2O3. The lowest BCUT2D eigenvalue weighted by Gasteiger charge is -2.30. The van der Waals surface area contributed by atoms with Gasteiger partial charge in [0.15, 0.2) is 6.61 Å². The minimum absolute atomic E-state index is 0.0938. The third-order valence-electron chi connectivity index (χ3n) is 4.86. The summed E-state index contributed by atoms with van der Waals surface area (Å²) in [5.74, 6) is 0.731. The summed E-state index contributed by atoms with van der Waals surface area (Å²) in [6, 6.07) is 12.6. The van der Waals surface area contributed by atoms with Crippen LogP contribution >= 0.6 is 11.6 Å². The van der Waals surface area contributed by atoms with E-state index in [1.807, 2.05) is 23.1 Å². The number of nitrogens with one attached hydrogen (secondary N) is 1. The van der Waals surface area contributed by atoms with Crippen molar-refractivity contribution < 1.29 is 14.3 Å². The van der Waals surface area contributed by atoms with Crippen LogP contribution in [0.2, 0.25) is 5.02 Å². The molecule has 1 heterocycles. The highest BCUT2D eigenvalue weighted by atomic mass is 35.5. The summed E-state index contributed by atoms with van der Waals surface area (Å²) >= 11 is 5.83.